The molecule has 0 saturated carbocycles. The molecule has 8 rings (SSSR count). The number of ether oxygens (including phenoxy) is 4. The minimum Gasteiger partial charge on any atom is -0.493 e. The Bertz CT molecular complexity index is 2330. The van der Waals surface area contributed by atoms with Crippen molar-refractivity contribution >= 4 is 33.9 Å². The summed E-state index contributed by atoms with van der Waals surface area (Å²) in [5, 5.41) is 0. The van der Waals surface area contributed by atoms with Crippen LogP contribution in [0.25, 0.3) is 22.1 Å². The zero-order chi connectivity index (χ0) is 40.0. The summed E-state index contributed by atoms with van der Waals surface area (Å²) >= 11 is 0. The first-order chi connectivity index (χ1) is 26.7. The molecular formula is C40H38F4N6O6. The van der Waals surface area contributed by atoms with Crippen LogP contribution in [0.4, 0.5) is 17.6 Å². The van der Waals surface area contributed by atoms with Gasteiger partial charge in [0.15, 0.2) is 0 Å². The Labute approximate surface area is 318 Å². The Hall–Kier alpha value is -6.32. The molecule has 0 spiro atoms. The molecule has 2 aromatic heterocycles. The quantitative estimate of drug-likeness (QED) is 0.166. The van der Waals surface area contributed by atoms with Crippen LogP contribution in [0.5, 0.6) is 23.0 Å². The minimum atomic E-state index is -0.727. The summed E-state index contributed by atoms with van der Waals surface area (Å²) in [5.74, 6) is -0.968. The molecule has 2 N–H and O–H groups in total. The molecule has 12 nitrogen and oxygen atoms in total. The predicted octanol–water partition coefficient (Wildman–Crippen LogP) is 7.51. The van der Waals surface area contributed by atoms with Crippen molar-refractivity contribution in [2.75, 3.05) is 41.4 Å². The van der Waals surface area contributed by atoms with Crippen molar-refractivity contribution in [1.82, 2.24) is 29.7 Å². The SMILES string of the molecule is Cc1nc2c(O[C@@H]3CCOc4cc(F)cc(F)c43)cc(C(=O)N(C)C)cc2[nH]1.Cc1nc2c(O[C@H]3CCOc4cc(F)cc(F)c43)cc(C(=O)N(C)C)cc2[nH]1. The average Bonchev–Trinajstić information content (AvgIpc) is 3.71. The standard InChI is InChI=1S/2C20H19F2N3O3/c2*1-10-23-14-6-11(20(26)25(2)3)7-17(19(14)24-10)28-15-4-5-27-16-9-12(21)8-13(22)18(15)16/h2*6-9,15H,4-5H2,1-3H3,(H,23,24)/t2*15-/m10/s1. The molecule has 4 heterocycles. The highest BCUT2D eigenvalue weighted by Gasteiger charge is 2.31. The number of imidazole rings is 2. The highest BCUT2D eigenvalue weighted by molar-refractivity contribution is 5.99. The number of hydrogen-bond donors (Lipinski definition) is 2. The fourth-order valence-electron chi connectivity index (χ4n) is 6.73. The van der Waals surface area contributed by atoms with Crippen LogP contribution in [0.1, 0.15) is 68.5 Å². The molecule has 0 unspecified atom stereocenters. The van der Waals surface area contributed by atoms with Crippen LogP contribution >= 0.6 is 0 Å². The summed E-state index contributed by atoms with van der Waals surface area (Å²) in [5.41, 5.74) is 3.55. The van der Waals surface area contributed by atoms with Crippen molar-refractivity contribution in [2.24, 2.45) is 0 Å². The van der Waals surface area contributed by atoms with Gasteiger partial charge in [0, 0.05) is 76.4 Å². The second-order valence-electron chi connectivity index (χ2n) is 13.9. The zero-order valence-corrected chi connectivity index (χ0v) is 31.4. The second-order valence-corrected chi connectivity index (χ2v) is 13.9. The number of nitrogens with one attached hydrogen (secondary N) is 2. The number of nitrogens with zero attached hydrogens (tertiary/aromatic N) is 4. The van der Waals surface area contributed by atoms with Gasteiger partial charge in [0.05, 0.1) is 35.4 Å². The van der Waals surface area contributed by atoms with Crippen LogP contribution in [0.2, 0.25) is 0 Å². The molecule has 2 atom stereocenters. The molecule has 4 aromatic carbocycles. The van der Waals surface area contributed by atoms with E-state index in [0.717, 1.165) is 24.3 Å². The molecule has 56 heavy (non-hydrogen) atoms. The van der Waals surface area contributed by atoms with Gasteiger partial charge in [-0.1, -0.05) is 0 Å². The van der Waals surface area contributed by atoms with E-state index < -0.39 is 35.5 Å². The third-order valence-electron chi connectivity index (χ3n) is 9.22. The summed E-state index contributed by atoms with van der Waals surface area (Å²) in [6.45, 7) is 4.12. The molecule has 2 aliphatic rings. The number of aromatic nitrogens is 4. The Morgan fingerprint density at radius 2 is 1.04 bits per heavy atom. The smallest absolute Gasteiger partial charge is 0.253 e. The lowest BCUT2D eigenvalue weighted by molar-refractivity contribution is 0.0819. The highest BCUT2D eigenvalue weighted by Crippen LogP contribution is 2.41. The van der Waals surface area contributed by atoms with Gasteiger partial charge in [-0.2, -0.15) is 0 Å². The van der Waals surface area contributed by atoms with Gasteiger partial charge in [-0.3, -0.25) is 9.59 Å². The van der Waals surface area contributed by atoms with Crippen molar-refractivity contribution < 1.29 is 46.1 Å². The van der Waals surface area contributed by atoms with E-state index in [-0.39, 0.29) is 47.7 Å². The second kappa shape index (κ2) is 15.1. The van der Waals surface area contributed by atoms with Crippen LogP contribution < -0.4 is 18.9 Å². The largest absolute Gasteiger partial charge is 0.493 e. The fourth-order valence-corrected chi connectivity index (χ4v) is 6.73. The van der Waals surface area contributed by atoms with E-state index in [9.17, 15) is 27.2 Å². The van der Waals surface area contributed by atoms with E-state index in [0.29, 0.717) is 69.2 Å². The average molecular weight is 775 g/mol. The normalized spacial score (nSPS) is 15.8. The molecule has 0 aliphatic carbocycles. The van der Waals surface area contributed by atoms with Gasteiger partial charge in [0.25, 0.3) is 11.8 Å². The number of carbonyl (C=O) groups is 2. The summed E-state index contributed by atoms with van der Waals surface area (Å²) in [7, 11) is 6.63. The zero-order valence-electron chi connectivity index (χ0n) is 31.4. The van der Waals surface area contributed by atoms with E-state index >= 15 is 0 Å². The molecule has 0 bridgehead atoms. The maximum atomic E-state index is 14.4. The first kappa shape index (κ1) is 38.0. The molecule has 6 aromatic rings. The van der Waals surface area contributed by atoms with Crippen molar-refractivity contribution in [2.45, 2.75) is 38.9 Å². The van der Waals surface area contributed by atoms with E-state index in [4.69, 9.17) is 18.9 Å². The van der Waals surface area contributed by atoms with Gasteiger partial charge >= 0.3 is 0 Å². The van der Waals surface area contributed by atoms with E-state index in [1.54, 1.807) is 66.3 Å². The summed E-state index contributed by atoms with van der Waals surface area (Å²) < 4.78 is 78.9. The van der Waals surface area contributed by atoms with E-state index in [1.807, 2.05) is 0 Å². The molecule has 2 amide bonds. The lowest BCUT2D eigenvalue weighted by Crippen LogP contribution is -2.22. The molecule has 16 heteroatoms. The van der Waals surface area contributed by atoms with Gasteiger partial charge in [-0.15, -0.1) is 0 Å². The van der Waals surface area contributed by atoms with Crippen molar-refractivity contribution in [3.63, 3.8) is 0 Å². The molecule has 2 aliphatic heterocycles. The first-order valence-corrected chi connectivity index (χ1v) is 17.7. The predicted molar refractivity (Wildman–Crippen MR) is 197 cm³/mol. The number of benzene rings is 4. The molecule has 0 fully saturated rings. The number of aryl methyl sites for hydroxylation is 2. The summed E-state index contributed by atoms with van der Waals surface area (Å²) in [6.07, 6.45) is -0.609. The third kappa shape index (κ3) is 7.50. The number of fused-ring (bicyclic) bond motifs is 4. The summed E-state index contributed by atoms with van der Waals surface area (Å²) in [6, 6.07) is 10.5. The number of aromatic amines is 2. The lowest BCUT2D eigenvalue weighted by Gasteiger charge is -2.27. The summed E-state index contributed by atoms with van der Waals surface area (Å²) in [4.78, 5) is 42.9. The van der Waals surface area contributed by atoms with Crippen LogP contribution in [-0.4, -0.2) is 83.0 Å². The lowest BCUT2D eigenvalue weighted by atomic mass is 10.0. The van der Waals surface area contributed by atoms with Gasteiger partial charge in [0.2, 0.25) is 0 Å². The van der Waals surface area contributed by atoms with Crippen molar-refractivity contribution in [1.29, 1.82) is 0 Å². The Morgan fingerprint density at radius 1 is 0.643 bits per heavy atom. The number of carbonyl (C=O) groups excluding carboxylic acids is 2. The number of H-pyrrole nitrogens is 2. The van der Waals surface area contributed by atoms with Gasteiger partial charge < -0.3 is 38.7 Å². The first-order valence-electron chi connectivity index (χ1n) is 17.7. The van der Waals surface area contributed by atoms with Gasteiger partial charge in [0.1, 0.15) is 81.2 Å². The van der Waals surface area contributed by atoms with E-state index in [2.05, 4.69) is 19.9 Å². The molecule has 0 saturated heterocycles. The Balaban J connectivity index is 0.000000172. The topological polar surface area (TPSA) is 135 Å². The monoisotopic (exact) mass is 774 g/mol. The number of rotatable bonds is 6. The van der Waals surface area contributed by atoms with Crippen molar-refractivity contribution in [3.05, 3.63) is 106 Å². The minimum absolute atomic E-state index is 0.128. The molecule has 0 radical (unpaired) electrons. The van der Waals surface area contributed by atoms with Crippen LogP contribution in [0, 0.1) is 37.1 Å². The number of amides is 2. The molecular weight excluding hydrogens is 736 g/mol. The van der Waals surface area contributed by atoms with Gasteiger partial charge in [-0.05, 0) is 38.1 Å². The van der Waals surface area contributed by atoms with Crippen LogP contribution in [0.15, 0.2) is 48.5 Å². The fraction of sp³-hybridized carbons (Fsp3) is 0.300. The van der Waals surface area contributed by atoms with Crippen molar-refractivity contribution in [3.8, 4) is 23.0 Å². The highest BCUT2D eigenvalue weighted by atomic mass is 19.1. The Kier molecular flexibility index (Phi) is 10.2. The van der Waals surface area contributed by atoms with Gasteiger partial charge in [-0.25, -0.2) is 27.5 Å². The Morgan fingerprint density at radius 3 is 1.41 bits per heavy atom. The maximum Gasteiger partial charge on any atom is 0.253 e. The third-order valence-corrected chi connectivity index (χ3v) is 9.22. The van der Waals surface area contributed by atoms with E-state index in [1.165, 1.54) is 9.80 Å². The number of halogens is 4. The molecule has 292 valence electrons. The maximum absolute atomic E-state index is 14.4. The van der Waals surface area contributed by atoms with Crippen LogP contribution in [-0.2, 0) is 0 Å². The van der Waals surface area contributed by atoms with Crippen LogP contribution in [0.3, 0.4) is 0 Å². The number of hydrogen-bond acceptors (Lipinski definition) is 8.